The molecule has 0 radical (unpaired) electrons. The van der Waals surface area contributed by atoms with Crippen LogP contribution in [0, 0.1) is 13.8 Å². The molecule has 0 saturated heterocycles. The van der Waals surface area contributed by atoms with Gasteiger partial charge in [0.25, 0.3) is 5.56 Å². The van der Waals surface area contributed by atoms with E-state index < -0.39 is 0 Å². The van der Waals surface area contributed by atoms with Gasteiger partial charge >= 0.3 is 0 Å². The molecule has 4 rings (SSSR count). The molecule has 2 aromatic heterocycles. The summed E-state index contributed by atoms with van der Waals surface area (Å²) >= 11 is 0. The lowest BCUT2D eigenvalue weighted by Crippen LogP contribution is -2.35. The van der Waals surface area contributed by atoms with Crippen LogP contribution in [-0.2, 0) is 18.6 Å². The van der Waals surface area contributed by atoms with Gasteiger partial charge in [0.1, 0.15) is 5.75 Å². The van der Waals surface area contributed by atoms with Gasteiger partial charge in [-0.25, -0.2) is 4.68 Å². The number of fused-ring (bicyclic) bond motifs is 1. The summed E-state index contributed by atoms with van der Waals surface area (Å²) in [6.07, 6.45) is 0.773. The third kappa shape index (κ3) is 5.18. The van der Waals surface area contributed by atoms with Crippen molar-refractivity contribution in [2.24, 2.45) is 0 Å². The first-order chi connectivity index (χ1) is 17.1. The summed E-state index contributed by atoms with van der Waals surface area (Å²) in [6.45, 7) is 13.5. The molecule has 0 bridgehead atoms. The second-order valence-corrected chi connectivity index (χ2v) is 10.4. The molecule has 0 fully saturated rings. The Bertz CT molecular complexity index is 1420. The number of tetrazole rings is 1. The molecule has 4 aromatic rings. The average molecular weight is 489 g/mol. The highest BCUT2D eigenvalue weighted by molar-refractivity contribution is 5.82. The molecule has 2 heterocycles. The van der Waals surface area contributed by atoms with Crippen molar-refractivity contribution in [1.29, 1.82) is 0 Å². The lowest BCUT2D eigenvalue weighted by molar-refractivity contribution is 0.152. The van der Waals surface area contributed by atoms with Crippen molar-refractivity contribution < 1.29 is 4.74 Å². The predicted octanol–water partition coefficient (Wildman–Crippen LogP) is 5.05. The van der Waals surface area contributed by atoms with Crippen LogP contribution in [0.4, 0.5) is 0 Å². The fourth-order valence-electron chi connectivity index (χ4n) is 4.88. The molecule has 8 heteroatoms. The molecule has 0 spiro atoms. The SMILES string of the molecule is CC[C@@H](c1nnnn1C(C)(C)C)N(Cc1ccccc1OC)Cc1cc2cc(C)cc(C)c2[nH]c1=O. The number of benzene rings is 2. The zero-order valence-corrected chi connectivity index (χ0v) is 22.3. The third-order valence-electron chi connectivity index (χ3n) is 6.56. The van der Waals surface area contributed by atoms with E-state index in [1.54, 1.807) is 7.11 Å². The second-order valence-electron chi connectivity index (χ2n) is 10.4. The number of rotatable bonds is 8. The summed E-state index contributed by atoms with van der Waals surface area (Å²) in [7, 11) is 1.68. The molecular formula is C28H36N6O2. The topological polar surface area (TPSA) is 88.9 Å². The Morgan fingerprint density at radius 1 is 1.08 bits per heavy atom. The summed E-state index contributed by atoms with van der Waals surface area (Å²) in [4.78, 5) is 18.6. The van der Waals surface area contributed by atoms with Crippen LogP contribution in [-0.4, -0.2) is 37.2 Å². The molecule has 1 atom stereocenters. The van der Waals surface area contributed by atoms with Crippen molar-refractivity contribution in [3.05, 3.63) is 80.9 Å². The zero-order chi connectivity index (χ0) is 26.0. The van der Waals surface area contributed by atoms with Gasteiger partial charge in [-0.3, -0.25) is 9.69 Å². The Morgan fingerprint density at radius 2 is 1.81 bits per heavy atom. The van der Waals surface area contributed by atoms with Crippen LogP contribution in [0.5, 0.6) is 5.75 Å². The van der Waals surface area contributed by atoms with Crippen LogP contribution >= 0.6 is 0 Å². The molecule has 0 aliphatic carbocycles. The van der Waals surface area contributed by atoms with Crippen molar-refractivity contribution >= 4 is 10.9 Å². The Morgan fingerprint density at radius 3 is 2.50 bits per heavy atom. The zero-order valence-electron chi connectivity index (χ0n) is 22.3. The molecule has 2 aromatic carbocycles. The van der Waals surface area contributed by atoms with Crippen LogP contribution in [0.1, 0.15) is 68.2 Å². The number of hydrogen-bond donors (Lipinski definition) is 1. The minimum absolute atomic E-state index is 0.0789. The van der Waals surface area contributed by atoms with Crippen LogP contribution in [0.2, 0.25) is 0 Å². The lowest BCUT2D eigenvalue weighted by Gasteiger charge is -2.32. The van der Waals surface area contributed by atoms with E-state index in [1.165, 1.54) is 5.56 Å². The van der Waals surface area contributed by atoms with E-state index in [1.807, 2.05) is 35.9 Å². The standard InChI is InChI=1S/C28H36N6O2/c1-8-23(26-30-31-32-34(26)28(4,5)6)33(16-20-11-9-10-12-24(20)36-7)17-22-15-21-14-18(2)13-19(3)25(21)29-27(22)35/h9-15,23H,8,16-17H2,1-7H3,(H,29,35)/t23-/m0/s1. The number of hydrogen-bond acceptors (Lipinski definition) is 6. The first kappa shape index (κ1) is 25.6. The fourth-order valence-corrected chi connectivity index (χ4v) is 4.88. The molecule has 0 aliphatic heterocycles. The van der Waals surface area contributed by atoms with E-state index in [2.05, 4.69) is 78.2 Å². The van der Waals surface area contributed by atoms with Crippen LogP contribution in [0.15, 0.2) is 47.3 Å². The van der Waals surface area contributed by atoms with Gasteiger partial charge in [-0.15, -0.1) is 5.10 Å². The van der Waals surface area contributed by atoms with Gasteiger partial charge in [0.2, 0.25) is 0 Å². The van der Waals surface area contributed by atoms with Gasteiger partial charge in [0.05, 0.1) is 24.2 Å². The van der Waals surface area contributed by atoms with Crippen molar-refractivity contribution in [3.63, 3.8) is 0 Å². The second kappa shape index (κ2) is 10.2. The number of para-hydroxylation sites is 1. The van der Waals surface area contributed by atoms with Gasteiger partial charge in [0.15, 0.2) is 5.82 Å². The molecule has 0 aliphatic rings. The van der Waals surface area contributed by atoms with Crippen molar-refractivity contribution in [3.8, 4) is 5.75 Å². The van der Waals surface area contributed by atoms with Crippen LogP contribution in [0.3, 0.4) is 0 Å². The Balaban J connectivity index is 1.82. The minimum Gasteiger partial charge on any atom is -0.496 e. The molecule has 190 valence electrons. The third-order valence-corrected chi connectivity index (χ3v) is 6.56. The van der Waals surface area contributed by atoms with E-state index in [0.717, 1.165) is 40.0 Å². The van der Waals surface area contributed by atoms with Crippen LogP contribution in [0.25, 0.3) is 10.9 Å². The van der Waals surface area contributed by atoms with Gasteiger partial charge in [0, 0.05) is 24.2 Å². The minimum atomic E-state index is -0.280. The summed E-state index contributed by atoms with van der Waals surface area (Å²) in [5.74, 6) is 1.59. The van der Waals surface area contributed by atoms with E-state index in [0.29, 0.717) is 18.7 Å². The highest BCUT2D eigenvalue weighted by atomic mass is 16.5. The Labute approximate surface area is 212 Å². The number of aryl methyl sites for hydroxylation is 2. The molecule has 0 amide bonds. The number of aromatic nitrogens is 5. The monoisotopic (exact) mass is 488 g/mol. The predicted molar refractivity (Wildman–Crippen MR) is 142 cm³/mol. The van der Waals surface area contributed by atoms with Crippen molar-refractivity contribution in [1.82, 2.24) is 30.1 Å². The molecule has 36 heavy (non-hydrogen) atoms. The average Bonchev–Trinajstić information content (AvgIpc) is 3.31. The van der Waals surface area contributed by atoms with Gasteiger partial charge < -0.3 is 9.72 Å². The first-order valence-corrected chi connectivity index (χ1v) is 12.4. The van der Waals surface area contributed by atoms with Gasteiger partial charge in [-0.05, 0) is 80.6 Å². The number of methoxy groups -OCH3 is 1. The summed E-state index contributed by atoms with van der Waals surface area (Å²) in [5.41, 5.74) is 4.50. The number of nitrogens with one attached hydrogen (secondary N) is 1. The normalized spacial score (nSPS) is 12.9. The molecular weight excluding hydrogens is 452 g/mol. The number of aromatic amines is 1. The highest BCUT2D eigenvalue weighted by Gasteiger charge is 2.30. The van der Waals surface area contributed by atoms with Crippen molar-refractivity contribution in [2.45, 2.75) is 72.6 Å². The van der Waals surface area contributed by atoms with E-state index in [9.17, 15) is 4.79 Å². The number of pyridine rings is 1. The molecule has 0 unspecified atom stereocenters. The molecule has 0 saturated carbocycles. The summed E-state index contributed by atoms with van der Waals surface area (Å²) in [5, 5.41) is 13.8. The number of ether oxygens (including phenoxy) is 1. The maximum Gasteiger partial charge on any atom is 0.252 e. The smallest absolute Gasteiger partial charge is 0.252 e. The molecule has 1 N–H and O–H groups in total. The molecule has 8 nitrogen and oxygen atoms in total. The van der Waals surface area contributed by atoms with E-state index >= 15 is 0 Å². The van der Waals surface area contributed by atoms with E-state index in [-0.39, 0.29) is 17.1 Å². The van der Waals surface area contributed by atoms with Gasteiger partial charge in [-0.1, -0.05) is 36.8 Å². The Hall–Kier alpha value is -3.52. The lowest BCUT2D eigenvalue weighted by atomic mass is 10.0. The fraction of sp³-hybridized carbons (Fsp3) is 0.429. The van der Waals surface area contributed by atoms with Crippen LogP contribution < -0.4 is 10.3 Å². The quantitative estimate of drug-likeness (QED) is 0.373. The summed E-state index contributed by atoms with van der Waals surface area (Å²) in [6, 6.07) is 14.1. The largest absolute Gasteiger partial charge is 0.496 e. The van der Waals surface area contributed by atoms with Crippen molar-refractivity contribution in [2.75, 3.05) is 7.11 Å². The highest BCUT2D eigenvalue weighted by Crippen LogP contribution is 2.31. The summed E-state index contributed by atoms with van der Waals surface area (Å²) < 4.78 is 7.53. The first-order valence-electron chi connectivity index (χ1n) is 12.4. The number of H-pyrrole nitrogens is 1. The maximum atomic E-state index is 13.3. The maximum absolute atomic E-state index is 13.3. The number of nitrogens with zero attached hydrogens (tertiary/aromatic N) is 5. The van der Waals surface area contributed by atoms with E-state index in [4.69, 9.17) is 4.74 Å². The van der Waals surface area contributed by atoms with Gasteiger partial charge in [-0.2, -0.15) is 0 Å². The Kier molecular flexibility index (Phi) is 7.26.